The average Bonchev–Trinajstić information content (AvgIpc) is 2.90. The predicted octanol–water partition coefficient (Wildman–Crippen LogP) is 3.06. The van der Waals surface area contributed by atoms with Gasteiger partial charge >= 0.3 is 0 Å². The molecule has 6 heteroatoms. The Hall–Kier alpha value is -2.63. The third-order valence-electron chi connectivity index (χ3n) is 3.90. The first-order valence-corrected chi connectivity index (χ1v) is 8.33. The van der Waals surface area contributed by atoms with Crippen LogP contribution in [0.5, 0.6) is 5.75 Å². The summed E-state index contributed by atoms with van der Waals surface area (Å²) in [6, 6.07) is 7.63. The van der Waals surface area contributed by atoms with E-state index in [9.17, 15) is 4.79 Å². The molecule has 0 saturated heterocycles. The highest BCUT2D eigenvalue weighted by molar-refractivity contribution is 5.79. The van der Waals surface area contributed by atoms with E-state index in [1.807, 2.05) is 31.3 Å². The van der Waals surface area contributed by atoms with Crippen LogP contribution in [-0.4, -0.2) is 26.4 Å². The summed E-state index contributed by atoms with van der Waals surface area (Å²) in [5.74, 6) is 1.24. The van der Waals surface area contributed by atoms with Gasteiger partial charge in [-0.05, 0) is 25.0 Å². The second-order valence-electron chi connectivity index (χ2n) is 5.78. The van der Waals surface area contributed by atoms with E-state index in [1.54, 1.807) is 4.68 Å². The fraction of sp³-hybridized carbons (Fsp3) is 0.389. The summed E-state index contributed by atoms with van der Waals surface area (Å²) in [5, 5.41) is 4.32. The van der Waals surface area contributed by atoms with Crippen LogP contribution in [0.1, 0.15) is 32.4 Å². The highest BCUT2D eigenvalue weighted by Gasteiger charge is 2.16. The van der Waals surface area contributed by atoms with Crippen LogP contribution < -0.4 is 10.3 Å². The Bertz CT molecular complexity index is 911. The maximum atomic E-state index is 12.5. The summed E-state index contributed by atoms with van der Waals surface area (Å²) in [6.07, 6.45) is 2.71. The Morgan fingerprint density at radius 3 is 2.71 bits per heavy atom. The number of para-hydroxylation sites is 1. The van der Waals surface area contributed by atoms with Crippen LogP contribution in [0.2, 0.25) is 0 Å². The molecule has 2 aromatic heterocycles. The van der Waals surface area contributed by atoms with Crippen LogP contribution in [0.15, 0.2) is 29.1 Å². The first-order valence-electron chi connectivity index (χ1n) is 8.33. The molecule has 0 unspecified atom stereocenters. The number of nitrogens with zero attached hydrogens (tertiary/aromatic N) is 3. The lowest BCUT2D eigenvalue weighted by atomic mass is 10.1. The number of aryl methyl sites for hydroxylation is 2. The monoisotopic (exact) mass is 326 g/mol. The van der Waals surface area contributed by atoms with Crippen LogP contribution in [0.25, 0.3) is 22.4 Å². The van der Waals surface area contributed by atoms with Crippen LogP contribution in [0, 0.1) is 0 Å². The zero-order chi connectivity index (χ0) is 17.1. The van der Waals surface area contributed by atoms with Crippen LogP contribution in [0.4, 0.5) is 0 Å². The molecule has 0 saturated carbocycles. The van der Waals surface area contributed by atoms with Crippen molar-refractivity contribution in [2.75, 3.05) is 6.61 Å². The maximum Gasteiger partial charge on any atom is 0.279 e. The second kappa shape index (κ2) is 6.86. The van der Waals surface area contributed by atoms with Crippen molar-refractivity contribution in [1.29, 1.82) is 0 Å². The van der Waals surface area contributed by atoms with Gasteiger partial charge in [0.25, 0.3) is 5.56 Å². The molecule has 2 heterocycles. The van der Waals surface area contributed by atoms with Gasteiger partial charge in [0, 0.05) is 7.05 Å². The molecule has 1 N–H and O–H groups in total. The number of nitrogens with one attached hydrogen (secondary N) is 1. The zero-order valence-electron chi connectivity index (χ0n) is 14.3. The summed E-state index contributed by atoms with van der Waals surface area (Å²) in [6.45, 7) is 4.78. The second-order valence-corrected chi connectivity index (χ2v) is 5.78. The van der Waals surface area contributed by atoms with Gasteiger partial charge in [0.1, 0.15) is 17.1 Å². The van der Waals surface area contributed by atoms with Gasteiger partial charge in [-0.25, -0.2) is 4.98 Å². The summed E-state index contributed by atoms with van der Waals surface area (Å²) in [7, 11) is 1.85. The number of ether oxygens (including phenoxy) is 1. The lowest BCUT2D eigenvalue weighted by Crippen LogP contribution is -2.10. The van der Waals surface area contributed by atoms with Crippen LogP contribution >= 0.6 is 0 Å². The number of hydrogen-bond donors (Lipinski definition) is 1. The summed E-state index contributed by atoms with van der Waals surface area (Å²) in [4.78, 5) is 20.0. The number of hydrogen-bond acceptors (Lipinski definition) is 4. The van der Waals surface area contributed by atoms with Gasteiger partial charge in [0.2, 0.25) is 0 Å². The molecule has 3 rings (SSSR count). The molecule has 0 atom stereocenters. The number of aromatic amines is 1. The largest absolute Gasteiger partial charge is 0.493 e. The Balaban J connectivity index is 2.17. The molecule has 0 spiro atoms. The quantitative estimate of drug-likeness (QED) is 0.755. The van der Waals surface area contributed by atoms with Gasteiger partial charge in [-0.2, -0.15) is 5.10 Å². The van der Waals surface area contributed by atoms with E-state index in [-0.39, 0.29) is 5.56 Å². The number of aromatic nitrogens is 4. The fourth-order valence-electron chi connectivity index (χ4n) is 2.77. The summed E-state index contributed by atoms with van der Waals surface area (Å²) >= 11 is 0. The molecule has 0 fully saturated rings. The van der Waals surface area contributed by atoms with Crippen molar-refractivity contribution in [2.45, 2.75) is 33.1 Å². The van der Waals surface area contributed by atoms with Gasteiger partial charge in [-0.15, -0.1) is 0 Å². The van der Waals surface area contributed by atoms with E-state index >= 15 is 0 Å². The van der Waals surface area contributed by atoms with Gasteiger partial charge in [0.15, 0.2) is 5.52 Å². The SMILES string of the molecule is CCCOc1ccccc1-c1nc2c(CCC)n(C)nc2c(=O)[nH]1. The van der Waals surface area contributed by atoms with Gasteiger partial charge < -0.3 is 9.72 Å². The molecule has 0 aliphatic carbocycles. The smallest absolute Gasteiger partial charge is 0.279 e. The highest BCUT2D eigenvalue weighted by Crippen LogP contribution is 2.28. The average molecular weight is 326 g/mol. The third kappa shape index (κ3) is 2.91. The Kier molecular flexibility index (Phi) is 4.64. The minimum atomic E-state index is -0.224. The van der Waals surface area contributed by atoms with E-state index < -0.39 is 0 Å². The lowest BCUT2D eigenvalue weighted by Gasteiger charge is -2.10. The van der Waals surface area contributed by atoms with Crippen molar-refractivity contribution in [1.82, 2.24) is 19.7 Å². The van der Waals surface area contributed by atoms with Crippen molar-refractivity contribution in [2.24, 2.45) is 7.05 Å². The van der Waals surface area contributed by atoms with E-state index in [1.165, 1.54) is 0 Å². The zero-order valence-corrected chi connectivity index (χ0v) is 14.3. The van der Waals surface area contributed by atoms with Crippen molar-refractivity contribution < 1.29 is 4.74 Å². The molecule has 0 amide bonds. The first kappa shape index (κ1) is 16.2. The van der Waals surface area contributed by atoms with Crippen molar-refractivity contribution in [3.63, 3.8) is 0 Å². The lowest BCUT2D eigenvalue weighted by molar-refractivity contribution is 0.318. The Morgan fingerprint density at radius 1 is 1.17 bits per heavy atom. The van der Waals surface area contributed by atoms with Crippen molar-refractivity contribution >= 4 is 11.0 Å². The third-order valence-corrected chi connectivity index (χ3v) is 3.90. The molecular formula is C18H22N4O2. The van der Waals surface area contributed by atoms with E-state index in [4.69, 9.17) is 9.72 Å². The van der Waals surface area contributed by atoms with E-state index in [0.717, 1.165) is 36.3 Å². The number of benzene rings is 1. The molecule has 0 aliphatic rings. The summed E-state index contributed by atoms with van der Waals surface area (Å²) < 4.78 is 7.54. The van der Waals surface area contributed by atoms with E-state index in [2.05, 4.69) is 23.9 Å². The Morgan fingerprint density at radius 2 is 1.96 bits per heavy atom. The highest BCUT2D eigenvalue weighted by atomic mass is 16.5. The molecular weight excluding hydrogens is 304 g/mol. The van der Waals surface area contributed by atoms with Gasteiger partial charge in [-0.3, -0.25) is 9.48 Å². The molecule has 126 valence electrons. The number of rotatable bonds is 6. The van der Waals surface area contributed by atoms with Gasteiger partial charge in [-0.1, -0.05) is 32.4 Å². The Labute approximate surface area is 140 Å². The summed E-state index contributed by atoms with van der Waals surface area (Å²) in [5.41, 5.74) is 2.60. The van der Waals surface area contributed by atoms with Gasteiger partial charge in [0.05, 0.1) is 17.9 Å². The minimum Gasteiger partial charge on any atom is -0.493 e. The molecule has 1 aromatic carbocycles. The predicted molar refractivity (Wildman–Crippen MR) is 94.3 cm³/mol. The molecule has 24 heavy (non-hydrogen) atoms. The normalized spacial score (nSPS) is 11.1. The molecule has 3 aromatic rings. The minimum absolute atomic E-state index is 0.224. The van der Waals surface area contributed by atoms with Crippen molar-refractivity contribution in [3.8, 4) is 17.1 Å². The molecule has 0 aliphatic heterocycles. The van der Waals surface area contributed by atoms with Crippen molar-refractivity contribution in [3.05, 3.63) is 40.3 Å². The molecule has 0 bridgehead atoms. The fourth-order valence-corrected chi connectivity index (χ4v) is 2.77. The van der Waals surface area contributed by atoms with Crippen LogP contribution in [-0.2, 0) is 13.5 Å². The number of H-pyrrole nitrogens is 1. The molecule has 6 nitrogen and oxygen atoms in total. The molecule has 0 radical (unpaired) electrons. The maximum absolute atomic E-state index is 12.5. The van der Waals surface area contributed by atoms with Crippen LogP contribution in [0.3, 0.4) is 0 Å². The number of fused-ring (bicyclic) bond motifs is 1. The first-order chi connectivity index (χ1) is 11.7. The van der Waals surface area contributed by atoms with E-state index in [0.29, 0.717) is 23.5 Å². The standard InChI is InChI=1S/C18H22N4O2/c1-4-8-13-15-16(21-22(13)3)18(23)20-17(19-15)12-9-6-7-10-14(12)24-11-5-2/h6-7,9-10H,4-5,8,11H2,1-3H3,(H,19,20,23). The topological polar surface area (TPSA) is 72.8 Å².